The molecule has 0 unspecified atom stereocenters. The fraction of sp³-hybridized carbons (Fsp3) is 0.143. The molecule has 0 amide bonds. The Labute approximate surface area is 168 Å². The number of pyridine rings is 1. The van der Waals surface area contributed by atoms with Crippen molar-refractivity contribution in [2.24, 2.45) is 0 Å². The number of nitrogens with zero attached hydrogens (tertiary/aromatic N) is 4. The predicted molar refractivity (Wildman–Crippen MR) is 110 cm³/mol. The van der Waals surface area contributed by atoms with Gasteiger partial charge in [0.25, 0.3) is 0 Å². The molecule has 0 radical (unpaired) electrons. The summed E-state index contributed by atoms with van der Waals surface area (Å²) in [5.74, 6) is 2.53. The third-order valence-corrected chi connectivity index (χ3v) is 4.20. The largest absolute Gasteiger partial charge is 0.496 e. The molecule has 8 heteroatoms. The number of ether oxygens (including phenoxy) is 1. The zero-order chi connectivity index (χ0) is 20.1. The molecule has 0 atom stereocenters. The Kier molecular flexibility index (Phi) is 5.33. The Hall–Kier alpha value is -3.94. The first-order chi connectivity index (χ1) is 14.2. The number of aryl methyl sites for hydroxylation is 1. The van der Waals surface area contributed by atoms with Crippen LogP contribution in [0, 0.1) is 6.92 Å². The maximum absolute atomic E-state index is 5.42. The van der Waals surface area contributed by atoms with Gasteiger partial charge in [-0.25, -0.2) is 9.97 Å². The molecule has 2 N–H and O–H groups in total. The molecule has 0 aliphatic heterocycles. The topological polar surface area (TPSA) is 98.0 Å². The number of benzene rings is 1. The summed E-state index contributed by atoms with van der Waals surface area (Å²) in [7, 11) is 1.62. The molecule has 146 valence electrons. The van der Waals surface area contributed by atoms with Gasteiger partial charge in [-0.05, 0) is 36.8 Å². The number of anilines is 3. The number of aromatic nitrogens is 4. The van der Waals surface area contributed by atoms with Gasteiger partial charge in [0.1, 0.15) is 11.6 Å². The number of rotatable bonds is 7. The van der Waals surface area contributed by atoms with E-state index in [1.165, 1.54) is 6.39 Å². The lowest BCUT2D eigenvalue weighted by Gasteiger charge is -2.12. The van der Waals surface area contributed by atoms with Crippen LogP contribution in [-0.4, -0.2) is 27.0 Å². The second kappa shape index (κ2) is 8.39. The van der Waals surface area contributed by atoms with Crippen molar-refractivity contribution in [3.8, 4) is 17.1 Å². The van der Waals surface area contributed by atoms with Crippen molar-refractivity contribution < 1.29 is 9.15 Å². The second-order valence-corrected chi connectivity index (χ2v) is 6.34. The van der Waals surface area contributed by atoms with E-state index < -0.39 is 0 Å². The Morgan fingerprint density at radius 1 is 1.07 bits per heavy atom. The maximum Gasteiger partial charge on any atom is 0.229 e. The van der Waals surface area contributed by atoms with Gasteiger partial charge in [-0.1, -0.05) is 6.07 Å². The first kappa shape index (κ1) is 18.4. The Morgan fingerprint density at radius 3 is 2.76 bits per heavy atom. The van der Waals surface area contributed by atoms with E-state index in [1.807, 2.05) is 49.5 Å². The molecule has 1 aromatic carbocycles. The van der Waals surface area contributed by atoms with Crippen molar-refractivity contribution >= 4 is 17.5 Å². The standard InChI is InChI=1S/C21H20N6O2/c1-14-8-20(24-11-15-4-3-7-22-10-15)27-21(25-14)26-16-5-6-18(28-2)17(9-16)19-12-23-13-29-19/h3-10,12-13H,11H2,1-2H3,(H2,24,25,26,27). The van der Waals surface area contributed by atoms with Gasteiger partial charge in [0.15, 0.2) is 12.2 Å². The van der Waals surface area contributed by atoms with Gasteiger partial charge in [-0.3, -0.25) is 4.98 Å². The van der Waals surface area contributed by atoms with Crippen LogP contribution in [0.15, 0.2) is 65.8 Å². The zero-order valence-electron chi connectivity index (χ0n) is 16.1. The van der Waals surface area contributed by atoms with Crippen molar-refractivity contribution in [3.63, 3.8) is 0 Å². The highest BCUT2D eigenvalue weighted by atomic mass is 16.5. The summed E-state index contributed by atoms with van der Waals surface area (Å²) in [6, 6.07) is 11.5. The number of nitrogens with one attached hydrogen (secondary N) is 2. The number of methoxy groups -OCH3 is 1. The van der Waals surface area contributed by atoms with Crippen LogP contribution in [0.4, 0.5) is 17.5 Å². The zero-order valence-corrected chi connectivity index (χ0v) is 16.1. The first-order valence-electron chi connectivity index (χ1n) is 9.03. The van der Waals surface area contributed by atoms with E-state index >= 15 is 0 Å². The summed E-state index contributed by atoms with van der Waals surface area (Å²) < 4.78 is 10.8. The molecule has 3 heterocycles. The van der Waals surface area contributed by atoms with Crippen molar-refractivity contribution in [2.45, 2.75) is 13.5 Å². The SMILES string of the molecule is COc1ccc(Nc2nc(C)cc(NCc3cccnc3)n2)cc1-c1cnco1. The monoisotopic (exact) mass is 388 g/mol. The van der Waals surface area contributed by atoms with Crippen molar-refractivity contribution in [2.75, 3.05) is 17.7 Å². The molecular formula is C21H20N6O2. The molecule has 0 saturated carbocycles. The predicted octanol–water partition coefficient (Wildman–Crippen LogP) is 4.20. The van der Waals surface area contributed by atoms with Gasteiger partial charge in [0.2, 0.25) is 5.95 Å². The lowest BCUT2D eigenvalue weighted by atomic mass is 10.1. The fourth-order valence-corrected chi connectivity index (χ4v) is 2.87. The first-order valence-corrected chi connectivity index (χ1v) is 9.03. The quantitative estimate of drug-likeness (QED) is 0.486. The summed E-state index contributed by atoms with van der Waals surface area (Å²) in [5.41, 5.74) is 3.52. The smallest absolute Gasteiger partial charge is 0.229 e. The molecule has 0 fully saturated rings. The molecule has 0 spiro atoms. The second-order valence-electron chi connectivity index (χ2n) is 6.34. The Morgan fingerprint density at radius 2 is 2.00 bits per heavy atom. The van der Waals surface area contributed by atoms with Crippen LogP contribution in [0.25, 0.3) is 11.3 Å². The lowest BCUT2D eigenvalue weighted by molar-refractivity contribution is 0.414. The lowest BCUT2D eigenvalue weighted by Crippen LogP contribution is -2.06. The van der Waals surface area contributed by atoms with Crippen LogP contribution in [0.1, 0.15) is 11.3 Å². The van der Waals surface area contributed by atoms with E-state index in [2.05, 4.69) is 30.6 Å². The number of hydrogen-bond donors (Lipinski definition) is 2. The Balaban J connectivity index is 1.55. The molecule has 4 rings (SSSR count). The molecule has 0 aliphatic carbocycles. The van der Waals surface area contributed by atoms with Crippen LogP contribution in [0.2, 0.25) is 0 Å². The van der Waals surface area contributed by atoms with Crippen LogP contribution < -0.4 is 15.4 Å². The highest BCUT2D eigenvalue weighted by Crippen LogP contribution is 2.33. The van der Waals surface area contributed by atoms with Crippen molar-refractivity contribution in [1.29, 1.82) is 0 Å². The van der Waals surface area contributed by atoms with Gasteiger partial charge in [-0.15, -0.1) is 0 Å². The summed E-state index contributed by atoms with van der Waals surface area (Å²) in [6.45, 7) is 2.55. The minimum Gasteiger partial charge on any atom is -0.496 e. The van der Waals surface area contributed by atoms with E-state index in [0.29, 0.717) is 24.0 Å². The van der Waals surface area contributed by atoms with Gasteiger partial charge in [0.05, 0.1) is 18.9 Å². The van der Waals surface area contributed by atoms with E-state index in [9.17, 15) is 0 Å². The van der Waals surface area contributed by atoms with Crippen molar-refractivity contribution in [3.05, 3.63) is 72.6 Å². The molecule has 3 aromatic heterocycles. The summed E-state index contributed by atoms with van der Waals surface area (Å²) in [5, 5.41) is 6.55. The number of oxazole rings is 1. The maximum atomic E-state index is 5.42. The molecular weight excluding hydrogens is 368 g/mol. The third kappa shape index (κ3) is 4.49. The highest BCUT2D eigenvalue weighted by Gasteiger charge is 2.11. The molecule has 29 heavy (non-hydrogen) atoms. The van der Waals surface area contributed by atoms with Crippen LogP contribution in [-0.2, 0) is 6.54 Å². The molecule has 0 bridgehead atoms. The molecule has 8 nitrogen and oxygen atoms in total. The average Bonchev–Trinajstić information content (AvgIpc) is 3.27. The van der Waals surface area contributed by atoms with Gasteiger partial charge >= 0.3 is 0 Å². The van der Waals surface area contributed by atoms with E-state index in [0.717, 1.165) is 28.3 Å². The van der Waals surface area contributed by atoms with E-state index in [1.54, 1.807) is 19.5 Å². The normalized spacial score (nSPS) is 10.6. The average molecular weight is 388 g/mol. The molecule has 0 aliphatic rings. The number of hydrogen-bond acceptors (Lipinski definition) is 8. The third-order valence-electron chi connectivity index (χ3n) is 4.20. The summed E-state index contributed by atoms with van der Waals surface area (Å²) >= 11 is 0. The van der Waals surface area contributed by atoms with Crippen LogP contribution in [0.5, 0.6) is 5.75 Å². The molecule has 4 aromatic rings. The van der Waals surface area contributed by atoms with Crippen molar-refractivity contribution in [1.82, 2.24) is 19.9 Å². The summed E-state index contributed by atoms with van der Waals surface area (Å²) in [6.07, 6.45) is 6.61. The fourth-order valence-electron chi connectivity index (χ4n) is 2.87. The minimum atomic E-state index is 0.493. The Bertz CT molecular complexity index is 1080. The van der Waals surface area contributed by atoms with Gasteiger partial charge in [-0.2, -0.15) is 4.98 Å². The van der Waals surface area contributed by atoms with Crippen LogP contribution >= 0.6 is 0 Å². The highest BCUT2D eigenvalue weighted by molar-refractivity contribution is 5.72. The van der Waals surface area contributed by atoms with E-state index in [4.69, 9.17) is 9.15 Å². The van der Waals surface area contributed by atoms with Crippen LogP contribution in [0.3, 0.4) is 0 Å². The van der Waals surface area contributed by atoms with E-state index in [-0.39, 0.29) is 0 Å². The summed E-state index contributed by atoms with van der Waals surface area (Å²) in [4.78, 5) is 17.1. The van der Waals surface area contributed by atoms with Gasteiger partial charge < -0.3 is 19.8 Å². The molecule has 0 saturated heterocycles. The minimum absolute atomic E-state index is 0.493. The van der Waals surface area contributed by atoms with Gasteiger partial charge in [0, 0.05) is 36.4 Å².